The quantitative estimate of drug-likeness (QED) is 0.904. The van der Waals surface area contributed by atoms with Gasteiger partial charge in [-0.15, -0.1) is 0 Å². The van der Waals surface area contributed by atoms with Gasteiger partial charge in [0.15, 0.2) is 5.82 Å². The summed E-state index contributed by atoms with van der Waals surface area (Å²) in [6, 6.07) is 8.63. The molecular formula is C15H19N3O2. The number of likely N-dealkylation sites (N-methyl/N-ethyl adjacent to an activating group) is 1. The third-order valence-corrected chi connectivity index (χ3v) is 2.74. The van der Waals surface area contributed by atoms with Crippen LogP contribution < -0.4 is 4.74 Å². The van der Waals surface area contributed by atoms with Crippen molar-refractivity contribution in [2.24, 2.45) is 0 Å². The molecule has 0 radical (unpaired) electrons. The molecule has 1 aromatic heterocycles. The van der Waals surface area contributed by atoms with Crippen molar-refractivity contribution in [3.05, 3.63) is 36.0 Å². The highest BCUT2D eigenvalue weighted by atomic mass is 16.5. The number of phenols is 1. The molecule has 0 aliphatic carbocycles. The Balaban J connectivity index is 2.18. The molecule has 0 bridgehead atoms. The molecule has 0 saturated heterocycles. The van der Waals surface area contributed by atoms with E-state index in [1.807, 2.05) is 27.1 Å². The average molecular weight is 273 g/mol. The predicted molar refractivity (Wildman–Crippen MR) is 77.9 cm³/mol. The molecule has 0 saturated carbocycles. The zero-order valence-electron chi connectivity index (χ0n) is 12.0. The number of rotatable bonds is 5. The Kier molecular flexibility index (Phi) is 4.53. The van der Waals surface area contributed by atoms with E-state index in [1.165, 1.54) is 0 Å². The number of hydrogen-bond donors (Lipinski definition) is 1. The molecule has 1 N–H and O–H groups in total. The number of phenolic OH excluding ortho intramolecular Hbond substituents is 1. The summed E-state index contributed by atoms with van der Waals surface area (Å²) >= 11 is 0. The topological polar surface area (TPSA) is 58.5 Å². The van der Waals surface area contributed by atoms with Gasteiger partial charge in [0, 0.05) is 23.9 Å². The lowest BCUT2D eigenvalue weighted by atomic mass is 10.2. The van der Waals surface area contributed by atoms with E-state index < -0.39 is 0 Å². The minimum atomic E-state index is 0.226. The van der Waals surface area contributed by atoms with Crippen LogP contribution in [-0.4, -0.2) is 47.2 Å². The smallest absolute Gasteiger partial charge is 0.217 e. The number of nitrogens with zero attached hydrogens (tertiary/aromatic N) is 3. The van der Waals surface area contributed by atoms with Gasteiger partial charge in [0.25, 0.3) is 0 Å². The highest BCUT2D eigenvalue weighted by molar-refractivity contribution is 5.56. The fourth-order valence-electron chi connectivity index (χ4n) is 1.69. The lowest BCUT2D eigenvalue weighted by molar-refractivity contribution is 0.253. The SMILES string of the molecule is Cc1cc(OCCN(C)C)nc(-c2ccc(O)cc2)n1. The van der Waals surface area contributed by atoms with Gasteiger partial charge >= 0.3 is 0 Å². The number of hydrogen-bond acceptors (Lipinski definition) is 5. The van der Waals surface area contributed by atoms with Crippen LogP contribution in [0.15, 0.2) is 30.3 Å². The summed E-state index contributed by atoms with van der Waals surface area (Å²) in [4.78, 5) is 10.8. The van der Waals surface area contributed by atoms with Crippen LogP contribution >= 0.6 is 0 Å². The van der Waals surface area contributed by atoms with Crippen molar-refractivity contribution in [3.63, 3.8) is 0 Å². The van der Waals surface area contributed by atoms with Gasteiger partial charge in [0.2, 0.25) is 5.88 Å². The van der Waals surface area contributed by atoms with Gasteiger partial charge in [-0.3, -0.25) is 0 Å². The van der Waals surface area contributed by atoms with Crippen molar-refractivity contribution in [2.45, 2.75) is 6.92 Å². The minimum Gasteiger partial charge on any atom is -0.508 e. The van der Waals surface area contributed by atoms with Gasteiger partial charge in [0.1, 0.15) is 12.4 Å². The molecule has 0 fully saturated rings. The van der Waals surface area contributed by atoms with Crippen LogP contribution in [0.3, 0.4) is 0 Å². The molecule has 0 aliphatic heterocycles. The Labute approximate surface area is 118 Å². The maximum absolute atomic E-state index is 9.31. The van der Waals surface area contributed by atoms with E-state index in [0.717, 1.165) is 17.8 Å². The van der Waals surface area contributed by atoms with Crippen LogP contribution in [0.5, 0.6) is 11.6 Å². The van der Waals surface area contributed by atoms with Crippen LogP contribution in [0.25, 0.3) is 11.4 Å². The second-order valence-corrected chi connectivity index (χ2v) is 4.87. The summed E-state index contributed by atoms with van der Waals surface area (Å²) in [5, 5.41) is 9.31. The van der Waals surface area contributed by atoms with E-state index in [-0.39, 0.29) is 5.75 Å². The molecule has 20 heavy (non-hydrogen) atoms. The van der Waals surface area contributed by atoms with Crippen molar-refractivity contribution >= 4 is 0 Å². The van der Waals surface area contributed by atoms with Crippen LogP contribution in [0.2, 0.25) is 0 Å². The Morgan fingerprint density at radius 3 is 2.50 bits per heavy atom. The third kappa shape index (κ3) is 3.93. The van der Waals surface area contributed by atoms with Gasteiger partial charge in [-0.2, -0.15) is 4.98 Å². The zero-order valence-corrected chi connectivity index (χ0v) is 12.0. The van der Waals surface area contributed by atoms with Gasteiger partial charge in [-0.05, 0) is 45.3 Å². The first-order valence-corrected chi connectivity index (χ1v) is 6.47. The number of ether oxygens (including phenoxy) is 1. The van der Waals surface area contributed by atoms with Crippen molar-refractivity contribution in [2.75, 3.05) is 27.2 Å². The van der Waals surface area contributed by atoms with Crippen LogP contribution in [0, 0.1) is 6.92 Å². The third-order valence-electron chi connectivity index (χ3n) is 2.74. The summed E-state index contributed by atoms with van der Waals surface area (Å²) in [7, 11) is 3.99. The molecule has 2 aromatic rings. The van der Waals surface area contributed by atoms with Gasteiger partial charge in [-0.1, -0.05) is 0 Å². The molecule has 1 aromatic carbocycles. The van der Waals surface area contributed by atoms with E-state index in [9.17, 15) is 5.11 Å². The van der Waals surface area contributed by atoms with Crippen molar-refractivity contribution in [1.29, 1.82) is 0 Å². The second-order valence-electron chi connectivity index (χ2n) is 4.87. The second kappa shape index (κ2) is 6.34. The largest absolute Gasteiger partial charge is 0.508 e. The number of aromatic hydroxyl groups is 1. The Morgan fingerprint density at radius 1 is 1.15 bits per heavy atom. The standard InChI is InChI=1S/C15H19N3O2/c1-11-10-14(20-9-8-18(2)3)17-15(16-11)12-4-6-13(19)7-5-12/h4-7,10,19H,8-9H2,1-3H3. The lowest BCUT2D eigenvalue weighted by Gasteiger charge is -2.11. The summed E-state index contributed by atoms with van der Waals surface area (Å²) in [5.41, 5.74) is 1.70. The number of benzene rings is 1. The first kappa shape index (κ1) is 14.3. The first-order valence-electron chi connectivity index (χ1n) is 6.47. The van der Waals surface area contributed by atoms with Crippen LogP contribution in [-0.2, 0) is 0 Å². The van der Waals surface area contributed by atoms with Crippen molar-refractivity contribution in [3.8, 4) is 23.0 Å². The number of aromatic nitrogens is 2. The summed E-state index contributed by atoms with van der Waals surface area (Å²) < 4.78 is 5.64. The molecule has 0 unspecified atom stereocenters. The summed E-state index contributed by atoms with van der Waals surface area (Å²) in [6.07, 6.45) is 0. The molecule has 0 spiro atoms. The van der Waals surface area contributed by atoms with Crippen LogP contribution in [0.4, 0.5) is 0 Å². The minimum absolute atomic E-state index is 0.226. The fraction of sp³-hybridized carbons (Fsp3) is 0.333. The van der Waals surface area contributed by atoms with E-state index in [1.54, 1.807) is 24.3 Å². The molecule has 0 atom stereocenters. The van der Waals surface area contributed by atoms with Crippen LogP contribution in [0.1, 0.15) is 5.69 Å². The Morgan fingerprint density at radius 2 is 1.85 bits per heavy atom. The molecule has 0 aliphatic rings. The molecule has 2 rings (SSSR count). The van der Waals surface area contributed by atoms with E-state index in [4.69, 9.17) is 4.74 Å². The monoisotopic (exact) mass is 273 g/mol. The highest BCUT2D eigenvalue weighted by Gasteiger charge is 2.06. The molecule has 0 amide bonds. The first-order chi connectivity index (χ1) is 9.54. The fourth-order valence-corrected chi connectivity index (χ4v) is 1.69. The maximum atomic E-state index is 9.31. The highest BCUT2D eigenvalue weighted by Crippen LogP contribution is 2.21. The molecule has 5 heteroatoms. The Hall–Kier alpha value is -2.14. The molecule has 1 heterocycles. The van der Waals surface area contributed by atoms with Gasteiger partial charge in [0.05, 0.1) is 0 Å². The van der Waals surface area contributed by atoms with E-state index in [0.29, 0.717) is 18.3 Å². The van der Waals surface area contributed by atoms with E-state index >= 15 is 0 Å². The maximum Gasteiger partial charge on any atom is 0.217 e. The molecule has 106 valence electrons. The van der Waals surface area contributed by atoms with Gasteiger partial charge < -0.3 is 14.7 Å². The normalized spacial score (nSPS) is 10.8. The zero-order chi connectivity index (χ0) is 14.5. The van der Waals surface area contributed by atoms with Crippen molar-refractivity contribution < 1.29 is 9.84 Å². The Bertz CT molecular complexity index is 568. The summed E-state index contributed by atoms with van der Waals surface area (Å²) in [5.74, 6) is 1.40. The number of aryl methyl sites for hydroxylation is 1. The summed E-state index contributed by atoms with van der Waals surface area (Å²) in [6.45, 7) is 3.32. The molecular weight excluding hydrogens is 254 g/mol. The average Bonchev–Trinajstić information content (AvgIpc) is 2.38. The van der Waals surface area contributed by atoms with E-state index in [2.05, 4.69) is 14.9 Å². The molecule has 5 nitrogen and oxygen atoms in total. The van der Waals surface area contributed by atoms with Gasteiger partial charge in [-0.25, -0.2) is 4.98 Å². The van der Waals surface area contributed by atoms with Crippen molar-refractivity contribution in [1.82, 2.24) is 14.9 Å². The predicted octanol–water partition coefficient (Wildman–Crippen LogP) is 2.10. The lowest BCUT2D eigenvalue weighted by Crippen LogP contribution is -2.19.